The lowest BCUT2D eigenvalue weighted by Crippen LogP contribution is -1.96. The number of thiophene rings is 1. The van der Waals surface area contributed by atoms with Crippen LogP contribution in [0.2, 0.25) is 0 Å². The van der Waals surface area contributed by atoms with E-state index in [9.17, 15) is 0 Å². The lowest BCUT2D eigenvalue weighted by Gasteiger charge is -2.12. The maximum Gasteiger partial charge on any atom is 0.0724 e. The molecule has 7 aromatic carbocycles. The molecule has 0 saturated carbocycles. The van der Waals surface area contributed by atoms with Crippen LogP contribution in [-0.2, 0) is 0 Å². The summed E-state index contributed by atoms with van der Waals surface area (Å²) in [5, 5.41) is 10.0. The minimum absolute atomic E-state index is 1.10. The van der Waals surface area contributed by atoms with Gasteiger partial charge in [-0.05, 0) is 66.7 Å². The van der Waals surface area contributed by atoms with Crippen molar-refractivity contribution in [1.82, 2.24) is 18.7 Å². The molecule has 0 spiro atoms. The summed E-state index contributed by atoms with van der Waals surface area (Å²) in [5.74, 6) is 0. The van der Waals surface area contributed by atoms with Crippen molar-refractivity contribution in [1.29, 1.82) is 0 Å². The number of benzene rings is 7. The van der Waals surface area contributed by atoms with E-state index in [2.05, 4.69) is 176 Å². The van der Waals surface area contributed by atoms with Gasteiger partial charge >= 0.3 is 0 Å². The van der Waals surface area contributed by atoms with Gasteiger partial charge in [-0.3, -0.25) is 4.98 Å². The normalized spacial score (nSPS) is 12.2. The van der Waals surface area contributed by atoms with E-state index in [1.54, 1.807) is 0 Å². The molecule has 0 radical (unpaired) electrons. The number of pyridine rings is 1. The quantitative estimate of drug-likeness (QED) is 0.182. The molecule has 12 rings (SSSR count). The Bertz CT molecular complexity index is 3410. The summed E-state index contributed by atoms with van der Waals surface area (Å²) in [5.41, 5.74) is 10.6. The van der Waals surface area contributed by atoms with Crippen LogP contribution in [0, 0.1) is 0 Å². The molecule has 0 bridgehead atoms. The average molecular weight is 681 g/mol. The zero-order valence-corrected chi connectivity index (χ0v) is 28.7. The maximum absolute atomic E-state index is 4.54. The molecule has 0 saturated heterocycles. The van der Waals surface area contributed by atoms with E-state index in [1.807, 2.05) is 23.7 Å². The molecule has 0 N–H and O–H groups in total. The molecule has 5 heteroatoms. The first kappa shape index (κ1) is 28.1. The summed E-state index contributed by atoms with van der Waals surface area (Å²) in [6.07, 6.45) is 3.89. The molecule has 242 valence electrons. The average Bonchev–Trinajstić information content (AvgIpc) is 3.94. The molecular formula is C47H28N4S. The Kier molecular flexibility index (Phi) is 5.62. The lowest BCUT2D eigenvalue weighted by atomic mass is 10.1. The number of aromatic nitrogens is 4. The largest absolute Gasteiger partial charge is 0.309 e. The molecule has 0 aliphatic rings. The highest BCUT2D eigenvalue weighted by Gasteiger charge is 2.23. The number of hydrogen-bond donors (Lipinski definition) is 0. The van der Waals surface area contributed by atoms with Crippen molar-refractivity contribution in [2.45, 2.75) is 0 Å². The van der Waals surface area contributed by atoms with Gasteiger partial charge in [-0.2, -0.15) is 0 Å². The molecule has 5 aromatic heterocycles. The van der Waals surface area contributed by atoms with Crippen molar-refractivity contribution in [3.8, 4) is 17.1 Å². The smallest absolute Gasteiger partial charge is 0.0724 e. The van der Waals surface area contributed by atoms with Gasteiger partial charge in [0, 0.05) is 65.4 Å². The highest BCUT2D eigenvalue weighted by molar-refractivity contribution is 7.26. The van der Waals surface area contributed by atoms with Crippen LogP contribution in [0.4, 0.5) is 0 Å². The third-order valence-electron chi connectivity index (χ3n) is 10.9. The van der Waals surface area contributed by atoms with Gasteiger partial charge in [-0.25, -0.2) is 0 Å². The van der Waals surface area contributed by atoms with Crippen LogP contribution in [0.1, 0.15) is 0 Å². The Morgan fingerprint density at radius 1 is 0.404 bits per heavy atom. The first-order valence-electron chi connectivity index (χ1n) is 17.6. The molecule has 0 fully saturated rings. The predicted octanol–water partition coefficient (Wildman–Crippen LogP) is 12.7. The van der Waals surface area contributed by atoms with Crippen molar-refractivity contribution in [2.75, 3.05) is 0 Å². The SMILES string of the molecule is c1ccc(-n2c3ccc(-n4c5ccccc5c5ccc6c(c7ccccc7n6-c6cccc7c6sc6ccccc67)c54)cc3c3ccncc32)cc1. The minimum Gasteiger partial charge on any atom is -0.309 e. The van der Waals surface area contributed by atoms with Crippen molar-refractivity contribution >= 4 is 96.9 Å². The van der Waals surface area contributed by atoms with Crippen LogP contribution in [-0.4, -0.2) is 18.7 Å². The van der Waals surface area contributed by atoms with Crippen molar-refractivity contribution in [3.63, 3.8) is 0 Å². The lowest BCUT2D eigenvalue weighted by molar-refractivity contribution is 1.16. The maximum atomic E-state index is 4.54. The van der Waals surface area contributed by atoms with E-state index in [4.69, 9.17) is 0 Å². The van der Waals surface area contributed by atoms with E-state index >= 15 is 0 Å². The molecule has 0 unspecified atom stereocenters. The molecule has 0 aliphatic heterocycles. The van der Waals surface area contributed by atoms with E-state index in [0.29, 0.717) is 0 Å². The van der Waals surface area contributed by atoms with E-state index in [1.165, 1.54) is 80.2 Å². The van der Waals surface area contributed by atoms with E-state index in [0.717, 1.165) is 22.4 Å². The van der Waals surface area contributed by atoms with Gasteiger partial charge in [-0.1, -0.05) is 91.0 Å². The fraction of sp³-hybridized carbons (Fsp3) is 0. The Hall–Kier alpha value is -6.69. The predicted molar refractivity (Wildman–Crippen MR) is 220 cm³/mol. The number of nitrogens with zero attached hydrogens (tertiary/aromatic N) is 4. The van der Waals surface area contributed by atoms with Crippen LogP contribution in [0.15, 0.2) is 170 Å². The molecule has 0 aliphatic carbocycles. The van der Waals surface area contributed by atoms with Gasteiger partial charge in [0.05, 0.1) is 49.7 Å². The van der Waals surface area contributed by atoms with Gasteiger partial charge in [0.25, 0.3) is 0 Å². The van der Waals surface area contributed by atoms with Crippen LogP contribution < -0.4 is 0 Å². The van der Waals surface area contributed by atoms with Crippen molar-refractivity contribution in [3.05, 3.63) is 170 Å². The Morgan fingerprint density at radius 2 is 1.10 bits per heavy atom. The second-order valence-corrected chi connectivity index (χ2v) is 14.6. The fourth-order valence-electron chi connectivity index (χ4n) is 8.80. The van der Waals surface area contributed by atoms with Gasteiger partial charge in [-0.15, -0.1) is 11.3 Å². The summed E-state index contributed by atoms with van der Waals surface area (Å²) in [6.45, 7) is 0. The molecule has 0 amide bonds. The molecular weight excluding hydrogens is 653 g/mol. The van der Waals surface area contributed by atoms with Crippen LogP contribution in [0.25, 0.3) is 103 Å². The Labute approximate surface area is 301 Å². The highest BCUT2D eigenvalue weighted by Crippen LogP contribution is 2.45. The van der Waals surface area contributed by atoms with Gasteiger partial charge < -0.3 is 13.7 Å². The second-order valence-electron chi connectivity index (χ2n) is 13.6. The third-order valence-corrected chi connectivity index (χ3v) is 12.1. The second kappa shape index (κ2) is 10.4. The zero-order chi connectivity index (χ0) is 33.9. The molecule has 12 aromatic rings. The molecule has 4 nitrogen and oxygen atoms in total. The van der Waals surface area contributed by atoms with E-state index in [-0.39, 0.29) is 0 Å². The summed E-state index contributed by atoms with van der Waals surface area (Å²) in [4.78, 5) is 4.54. The molecule has 0 atom stereocenters. The summed E-state index contributed by atoms with van der Waals surface area (Å²) in [7, 11) is 0. The standard InChI is InChI=1S/C47H28N4S/c1-2-11-29(12-3-1)49-40-23-21-30(27-37(40)32-25-26-48-28-43(32)49)50-38-17-7-4-13-31(38)34-22-24-41-45(46(34)50)36-15-5-8-18-39(36)51(41)42-19-10-16-35-33-14-6-9-20-44(33)52-47(35)42/h1-28H. The fourth-order valence-corrected chi connectivity index (χ4v) is 10.0. The molecule has 5 heterocycles. The topological polar surface area (TPSA) is 27.7 Å². The van der Waals surface area contributed by atoms with Gasteiger partial charge in [0.15, 0.2) is 0 Å². The van der Waals surface area contributed by atoms with Crippen LogP contribution in [0.5, 0.6) is 0 Å². The van der Waals surface area contributed by atoms with Gasteiger partial charge in [0.2, 0.25) is 0 Å². The summed E-state index contributed by atoms with van der Waals surface area (Å²) < 4.78 is 9.94. The number of rotatable bonds is 3. The monoisotopic (exact) mass is 680 g/mol. The van der Waals surface area contributed by atoms with Gasteiger partial charge in [0.1, 0.15) is 0 Å². The number of hydrogen-bond acceptors (Lipinski definition) is 2. The van der Waals surface area contributed by atoms with Crippen molar-refractivity contribution in [2.24, 2.45) is 0 Å². The number of para-hydroxylation sites is 3. The summed E-state index contributed by atoms with van der Waals surface area (Å²) in [6, 6.07) is 57.6. The van der Waals surface area contributed by atoms with Crippen molar-refractivity contribution < 1.29 is 0 Å². The van der Waals surface area contributed by atoms with Crippen LogP contribution in [0.3, 0.4) is 0 Å². The first-order valence-corrected chi connectivity index (χ1v) is 18.4. The Morgan fingerprint density at radius 3 is 1.98 bits per heavy atom. The van der Waals surface area contributed by atoms with Crippen LogP contribution >= 0.6 is 11.3 Å². The first-order chi connectivity index (χ1) is 25.8. The highest BCUT2D eigenvalue weighted by atomic mass is 32.1. The van der Waals surface area contributed by atoms with E-state index < -0.39 is 0 Å². The minimum atomic E-state index is 1.10. The summed E-state index contributed by atoms with van der Waals surface area (Å²) >= 11 is 1.88. The zero-order valence-electron chi connectivity index (χ0n) is 27.9. The molecule has 52 heavy (non-hydrogen) atoms. The number of fused-ring (bicyclic) bond motifs is 13. The Balaban J connectivity index is 1.21. The third kappa shape index (κ3) is 3.67.